The second kappa shape index (κ2) is 4.42. The van der Waals surface area contributed by atoms with E-state index in [9.17, 15) is 4.79 Å². The van der Waals surface area contributed by atoms with Gasteiger partial charge >= 0.3 is 0 Å². The minimum Gasteiger partial charge on any atom is -0.395 e. The lowest BCUT2D eigenvalue weighted by molar-refractivity contribution is 0.102. The van der Waals surface area contributed by atoms with E-state index in [0.29, 0.717) is 17.4 Å². The number of nitrogens with two attached hydrogens (primary N) is 1. The molecule has 100 valence electrons. The molecule has 0 spiro atoms. The zero-order chi connectivity index (χ0) is 13.4. The molecule has 5 N–H and O–H groups in total. The highest BCUT2D eigenvalue weighted by Crippen LogP contribution is 2.42. The first-order valence-corrected chi connectivity index (χ1v) is 6.38. The Balaban J connectivity index is 1.76. The average Bonchev–Trinajstić information content (AvgIpc) is 3.01. The highest BCUT2D eigenvalue weighted by molar-refractivity contribution is 6.06. The molecule has 0 aromatic carbocycles. The van der Waals surface area contributed by atoms with Crippen molar-refractivity contribution in [2.24, 2.45) is 0 Å². The molecule has 1 amide bonds. The minimum absolute atomic E-state index is 0.239. The monoisotopic (exact) mass is 260 g/mol. The Hall–Kier alpha value is -2.31. The smallest absolute Gasteiger partial charge is 0.279 e. The summed E-state index contributed by atoms with van der Waals surface area (Å²) in [7, 11) is 0. The Morgan fingerprint density at radius 2 is 2.26 bits per heavy atom. The van der Waals surface area contributed by atoms with Crippen molar-refractivity contribution in [1.29, 1.82) is 0 Å². The van der Waals surface area contributed by atoms with Crippen LogP contribution in [0.5, 0.6) is 0 Å². The summed E-state index contributed by atoms with van der Waals surface area (Å²) in [5.41, 5.74) is 8.47. The number of hydrogen-bond acceptors (Lipinski definition) is 4. The first kappa shape index (κ1) is 11.8. The summed E-state index contributed by atoms with van der Waals surface area (Å²) in [5.74, 6) is 0.582. The summed E-state index contributed by atoms with van der Waals surface area (Å²) in [5, 5.41) is 16.4. The van der Waals surface area contributed by atoms with Crippen LogP contribution in [0.25, 0.3) is 0 Å². The maximum Gasteiger partial charge on any atom is 0.279 e. The number of nitrogen functional groups attached to an aromatic ring is 1. The summed E-state index contributed by atoms with van der Waals surface area (Å²) in [6, 6.07) is 1.79. The summed E-state index contributed by atoms with van der Waals surface area (Å²) in [6.07, 6.45) is 3.04. The van der Waals surface area contributed by atoms with Crippen LogP contribution in [0.15, 0.2) is 6.07 Å². The van der Waals surface area contributed by atoms with Crippen molar-refractivity contribution in [3.8, 4) is 0 Å². The number of H-pyrrole nitrogens is 2. The second-order valence-corrected chi connectivity index (χ2v) is 4.76. The Labute approximate surface area is 110 Å². The van der Waals surface area contributed by atoms with Gasteiger partial charge in [-0.1, -0.05) is 6.92 Å². The fourth-order valence-electron chi connectivity index (χ4n) is 2.00. The molecule has 0 unspecified atom stereocenters. The summed E-state index contributed by atoms with van der Waals surface area (Å²) < 4.78 is 0. The summed E-state index contributed by atoms with van der Waals surface area (Å²) >= 11 is 0. The van der Waals surface area contributed by atoms with Crippen molar-refractivity contribution in [2.45, 2.75) is 32.1 Å². The van der Waals surface area contributed by atoms with Crippen molar-refractivity contribution in [2.75, 3.05) is 11.1 Å². The van der Waals surface area contributed by atoms with E-state index in [4.69, 9.17) is 5.73 Å². The van der Waals surface area contributed by atoms with Crippen molar-refractivity contribution in [3.05, 3.63) is 23.1 Å². The normalized spacial score (nSPS) is 14.6. The molecule has 1 saturated carbocycles. The lowest BCUT2D eigenvalue weighted by Crippen LogP contribution is -2.14. The van der Waals surface area contributed by atoms with E-state index in [2.05, 4.69) is 25.7 Å². The number of amides is 1. The molecule has 0 aliphatic heterocycles. The molecule has 7 nitrogen and oxygen atoms in total. The zero-order valence-electron chi connectivity index (χ0n) is 10.7. The molecule has 2 aromatic heterocycles. The third-order valence-corrected chi connectivity index (χ3v) is 3.29. The van der Waals surface area contributed by atoms with Crippen LogP contribution in [0, 0.1) is 0 Å². The van der Waals surface area contributed by atoms with Crippen LogP contribution in [0.3, 0.4) is 0 Å². The molecule has 2 heterocycles. The van der Waals surface area contributed by atoms with Gasteiger partial charge in [-0.2, -0.15) is 10.2 Å². The van der Waals surface area contributed by atoms with Gasteiger partial charge in [-0.3, -0.25) is 15.0 Å². The molecule has 1 aliphatic carbocycles. The molecule has 0 atom stereocenters. The molecule has 1 aliphatic rings. The molecular weight excluding hydrogens is 244 g/mol. The number of nitrogens with one attached hydrogen (secondary N) is 3. The van der Waals surface area contributed by atoms with E-state index in [1.165, 1.54) is 0 Å². The van der Waals surface area contributed by atoms with Crippen molar-refractivity contribution in [1.82, 2.24) is 20.4 Å². The number of carbonyl (C=O) groups is 1. The van der Waals surface area contributed by atoms with Gasteiger partial charge in [-0.15, -0.1) is 0 Å². The molecule has 0 saturated heterocycles. The summed E-state index contributed by atoms with van der Waals surface area (Å²) in [4.78, 5) is 12.1. The van der Waals surface area contributed by atoms with Gasteiger partial charge in [0.15, 0.2) is 11.5 Å². The van der Waals surface area contributed by atoms with E-state index < -0.39 is 0 Å². The number of anilines is 2. The van der Waals surface area contributed by atoms with E-state index >= 15 is 0 Å². The Bertz CT molecular complexity index is 610. The molecule has 0 bridgehead atoms. The zero-order valence-corrected chi connectivity index (χ0v) is 10.7. The van der Waals surface area contributed by atoms with Gasteiger partial charge < -0.3 is 11.1 Å². The SMILES string of the molecule is CCc1cc(NC(=O)c2n[nH]c(C3CC3)c2N)n[nH]1. The van der Waals surface area contributed by atoms with Crippen LogP contribution < -0.4 is 11.1 Å². The predicted molar refractivity (Wildman–Crippen MR) is 70.9 cm³/mol. The molecule has 0 radical (unpaired) electrons. The molecular formula is C12H16N6O. The lowest BCUT2D eigenvalue weighted by Gasteiger charge is -1.99. The van der Waals surface area contributed by atoms with Gasteiger partial charge in [0.25, 0.3) is 5.91 Å². The van der Waals surface area contributed by atoms with E-state index in [0.717, 1.165) is 30.7 Å². The van der Waals surface area contributed by atoms with Crippen LogP contribution in [0.1, 0.15) is 47.6 Å². The van der Waals surface area contributed by atoms with Gasteiger partial charge in [-0.05, 0) is 19.3 Å². The number of rotatable bonds is 4. The average molecular weight is 260 g/mol. The first-order valence-electron chi connectivity index (χ1n) is 6.38. The van der Waals surface area contributed by atoms with Crippen LogP contribution in [-0.2, 0) is 6.42 Å². The molecule has 2 aromatic rings. The third-order valence-electron chi connectivity index (χ3n) is 3.29. The second-order valence-electron chi connectivity index (χ2n) is 4.76. The molecule has 3 rings (SSSR count). The standard InChI is InChI=1S/C12H16N6O/c1-2-7-5-8(16-15-7)14-12(19)11-9(13)10(17-18-11)6-3-4-6/h5-6H,2-4,13H2,1H3,(H,17,18)(H2,14,15,16,19). The van der Waals surface area contributed by atoms with Crippen LogP contribution >= 0.6 is 0 Å². The maximum absolute atomic E-state index is 12.1. The molecule has 19 heavy (non-hydrogen) atoms. The number of nitrogens with zero attached hydrogens (tertiary/aromatic N) is 2. The first-order chi connectivity index (χ1) is 9.19. The number of carbonyl (C=O) groups excluding carboxylic acids is 1. The highest BCUT2D eigenvalue weighted by Gasteiger charge is 2.30. The largest absolute Gasteiger partial charge is 0.395 e. The van der Waals surface area contributed by atoms with Crippen LogP contribution in [0.4, 0.5) is 11.5 Å². The van der Waals surface area contributed by atoms with E-state index in [1.54, 1.807) is 6.07 Å². The van der Waals surface area contributed by atoms with E-state index in [-0.39, 0.29) is 11.6 Å². The molecule has 7 heteroatoms. The number of hydrogen-bond donors (Lipinski definition) is 4. The van der Waals surface area contributed by atoms with Crippen LogP contribution in [-0.4, -0.2) is 26.3 Å². The van der Waals surface area contributed by atoms with Gasteiger partial charge in [0.2, 0.25) is 0 Å². The number of aromatic nitrogens is 4. The van der Waals surface area contributed by atoms with Crippen molar-refractivity contribution in [3.63, 3.8) is 0 Å². The van der Waals surface area contributed by atoms with Crippen molar-refractivity contribution < 1.29 is 4.79 Å². The fourth-order valence-corrected chi connectivity index (χ4v) is 2.00. The van der Waals surface area contributed by atoms with Gasteiger partial charge in [0.1, 0.15) is 0 Å². The number of aromatic amines is 2. The number of aryl methyl sites for hydroxylation is 1. The quantitative estimate of drug-likeness (QED) is 0.665. The Kier molecular flexibility index (Phi) is 2.73. The fraction of sp³-hybridized carbons (Fsp3) is 0.417. The topological polar surface area (TPSA) is 112 Å². The third kappa shape index (κ3) is 2.18. The maximum atomic E-state index is 12.1. The van der Waals surface area contributed by atoms with Gasteiger partial charge in [0.05, 0.1) is 11.4 Å². The predicted octanol–water partition coefficient (Wildman–Crippen LogP) is 1.41. The Morgan fingerprint density at radius 3 is 2.89 bits per heavy atom. The Morgan fingerprint density at radius 1 is 1.47 bits per heavy atom. The summed E-state index contributed by atoms with van der Waals surface area (Å²) in [6.45, 7) is 2.01. The van der Waals surface area contributed by atoms with Gasteiger partial charge in [-0.25, -0.2) is 0 Å². The van der Waals surface area contributed by atoms with Crippen LogP contribution in [0.2, 0.25) is 0 Å². The van der Waals surface area contributed by atoms with Crippen molar-refractivity contribution >= 4 is 17.4 Å². The van der Waals surface area contributed by atoms with Gasteiger partial charge in [0, 0.05) is 17.7 Å². The van der Waals surface area contributed by atoms with E-state index in [1.807, 2.05) is 6.92 Å². The molecule has 1 fully saturated rings. The minimum atomic E-state index is -0.338. The lowest BCUT2D eigenvalue weighted by atomic mass is 10.2. The highest BCUT2D eigenvalue weighted by atomic mass is 16.2.